The zero-order valence-corrected chi connectivity index (χ0v) is 16.1. The van der Waals surface area contributed by atoms with Gasteiger partial charge in [0, 0.05) is 29.9 Å². The fourth-order valence-corrected chi connectivity index (χ4v) is 2.88. The highest BCUT2D eigenvalue weighted by Crippen LogP contribution is 2.19. The van der Waals surface area contributed by atoms with Crippen LogP contribution in [0.2, 0.25) is 0 Å². The first-order valence-electron chi connectivity index (χ1n) is 9.18. The van der Waals surface area contributed by atoms with E-state index in [9.17, 15) is 19.2 Å². The first kappa shape index (κ1) is 21.9. The number of hydrogen-bond acceptors (Lipinski definition) is 5. The largest absolute Gasteiger partial charge is 0.370 e. The molecule has 0 radical (unpaired) electrons. The van der Waals surface area contributed by atoms with Crippen molar-refractivity contribution in [3.8, 4) is 0 Å². The second-order valence-electron chi connectivity index (χ2n) is 6.88. The number of carbonyl (C=O) groups is 4. The van der Waals surface area contributed by atoms with Crippen LogP contribution in [0.5, 0.6) is 0 Å². The number of aromatic amines is 1. The van der Waals surface area contributed by atoms with E-state index in [-0.39, 0.29) is 19.3 Å². The molecule has 0 fully saturated rings. The molecule has 0 aliphatic rings. The zero-order chi connectivity index (χ0) is 21.6. The lowest BCUT2D eigenvalue weighted by atomic mass is 10.0. The molecule has 0 aliphatic carbocycles. The molecule has 10 heteroatoms. The molecule has 156 valence electrons. The number of fused-ring (bicyclic) bond motifs is 1. The summed E-state index contributed by atoms with van der Waals surface area (Å²) in [4.78, 5) is 50.7. The summed E-state index contributed by atoms with van der Waals surface area (Å²) >= 11 is 0. The van der Waals surface area contributed by atoms with Crippen molar-refractivity contribution in [3.63, 3.8) is 0 Å². The number of aromatic nitrogens is 1. The van der Waals surface area contributed by atoms with Crippen molar-refractivity contribution < 1.29 is 19.2 Å². The number of carbonyl (C=O) groups excluding carboxylic acids is 4. The second-order valence-corrected chi connectivity index (χ2v) is 6.88. The molecule has 1 heterocycles. The Hall–Kier alpha value is -3.40. The third kappa shape index (κ3) is 6.04. The van der Waals surface area contributed by atoms with Crippen LogP contribution in [0, 0.1) is 0 Å². The molecule has 2 aromatic rings. The molecule has 3 atom stereocenters. The summed E-state index contributed by atoms with van der Waals surface area (Å²) in [5.74, 6) is -2.55. The highest BCUT2D eigenvalue weighted by Gasteiger charge is 2.27. The van der Waals surface area contributed by atoms with Crippen LogP contribution in [0.15, 0.2) is 30.5 Å². The Morgan fingerprint density at radius 1 is 1.03 bits per heavy atom. The number of hydrogen-bond donors (Lipinski definition) is 6. The minimum absolute atomic E-state index is 0.0303. The van der Waals surface area contributed by atoms with Crippen molar-refractivity contribution in [3.05, 3.63) is 36.0 Å². The highest BCUT2D eigenvalue weighted by atomic mass is 16.2. The van der Waals surface area contributed by atoms with E-state index in [0.717, 1.165) is 16.5 Å². The van der Waals surface area contributed by atoms with E-state index >= 15 is 0 Å². The first-order chi connectivity index (χ1) is 13.7. The van der Waals surface area contributed by atoms with E-state index in [0.29, 0.717) is 0 Å². The van der Waals surface area contributed by atoms with E-state index in [1.165, 1.54) is 6.92 Å². The number of amides is 4. The lowest BCUT2D eigenvalue weighted by Gasteiger charge is -2.22. The molecule has 1 aromatic heterocycles. The van der Waals surface area contributed by atoms with Crippen molar-refractivity contribution in [2.75, 3.05) is 0 Å². The third-order valence-electron chi connectivity index (χ3n) is 4.48. The summed E-state index contributed by atoms with van der Waals surface area (Å²) in [6, 6.07) is 4.61. The molecular formula is C19H26N6O4. The summed E-state index contributed by atoms with van der Waals surface area (Å²) in [6.07, 6.45) is 1.77. The van der Waals surface area contributed by atoms with Gasteiger partial charge < -0.3 is 32.8 Å². The van der Waals surface area contributed by atoms with Gasteiger partial charge in [-0.2, -0.15) is 0 Å². The number of primary amides is 2. The molecule has 0 aliphatic heterocycles. The van der Waals surface area contributed by atoms with Crippen molar-refractivity contribution in [2.45, 2.75) is 44.3 Å². The molecule has 29 heavy (non-hydrogen) atoms. The topological polar surface area (TPSA) is 186 Å². The van der Waals surface area contributed by atoms with Gasteiger partial charge in [-0.05, 0) is 25.0 Å². The van der Waals surface area contributed by atoms with Crippen LogP contribution in [-0.4, -0.2) is 46.7 Å². The average molecular weight is 402 g/mol. The van der Waals surface area contributed by atoms with E-state index in [1.54, 1.807) is 6.20 Å². The highest BCUT2D eigenvalue weighted by molar-refractivity contribution is 5.93. The molecule has 0 unspecified atom stereocenters. The van der Waals surface area contributed by atoms with Crippen LogP contribution in [0.25, 0.3) is 10.9 Å². The summed E-state index contributed by atoms with van der Waals surface area (Å²) < 4.78 is 0. The lowest BCUT2D eigenvalue weighted by molar-refractivity contribution is -0.131. The van der Waals surface area contributed by atoms with Crippen LogP contribution >= 0.6 is 0 Å². The molecule has 0 saturated carbocycles. The van der Waals surface area contributed by atoms with Gasteiger partial charge in [0.1, 0.15) is 12.1 Å². The quantitative estimate of drug-likeness (QED) is 0.290. The molecule has 0 bridgehead atoms. The monoisotopic (exact) mass is 402 g/mol. The van der Waals surface area contributed by atoms with Gasteiger partial charge in [0.2, 0.25) is 23.6 Å². The maximum Gasteiger partial charge on any atom is 0.243 e. The molecule has 1 aromatic carbocycles. The summed E-state index contributed by atoms with van der Waals surface area (Å²) in [6.45, 7) is 1.50. The van der Waals surface area contributed by atoms with E-state index in [1.807, 2.05) is 24.3 Å². The van der Waals surface area contributed by atoms with Gasteiger partial charge in [0.15, 0.2) is 0 Å². The first-order valence-corrected chi connectivity index (χ1v) is 9.18. The molecule has 0 saturated heterocycles. The standard InChI is InChI=1S/C19H26N6O4/c1-10(20)18(28)25-15(8-11-9-23-13-5-3-2-4-12(11)13)19(29)24-14(17(22)27)6-7-16(21)26/h2-5,9-10,14-15,23H,6-8,20H2,1H3,(H2,21,26)(H2,22,27)(H,24,29)(H,25,28)/t10-,14-,15-/m0/s1. The van der Waals surface area contributed by atoms with Crippen molar-refractivity contribution in [1.29, 1.82) is 0 Å². The van der Waals surface area contributed by atoms with Gasteiger partial charge in [-0.3, -0.25) is 19.2 Å². The number of H-pyrrole nitrogens is 1. The number of rotatable bonds is 10. The predicted octanol–water partition coefficient (Wildman–Crippen LogP) is -1.22. The van der Waals surface area contributed by atoms with Crippen molar-refractivity contribution in [1.82, 2.24) is 15.6 Å². The SMILES string of the molecule is C[C@H](N)C(=O)N[C@@H](Cc1c[nH]c2ccccc12)C(=O)N[C@@H](CCC(N)=O)C(N)=O. The fourth-order valence-electron chi connectivity index (χ4n) is 2.88. The maximum atomic E-state index is 12.8. The van der Waals surface area contributed by atoms with E-state index in [2.05, 4.69) is 15.6 Å². The Balaban J connectivity index is 2.21. The van der Waals surface area contributed by atoms with Gasteiger partial charge in [0.05, 0.1) is 6.04 Å². The average Bonchev–Trinajstić information content (AvgIpc) is 3.06. The van der Waals surface area contributed by atoms with Crippen LogP contribution in [0.1, 0.15) is 25.3 Å². The second kappa shape index (κ2) is 9.69. The summed E-state index contributed by atoms with van der Waals surface area (Å²) in [5, 5.41) is 5.99. The van der Waals surface area contributed by atoms with Crippen LogP contribution in [-0.2, 0) is 25.6 Å². The minimum Gasteiger partial charge on any atom is -0.370 e. The molecule has 0 spiro atoms. The van der Waals surface area contributed by atoms with Gasteiger partial charge in [0.25, 0.3) is 0 Å². The van der Waals surface area contributed by atoms with Gasteiger partial charge >= 0.3 is 0 Å². The number of nitrogens with one attached hydrogen (secondary N) is 3. The number of benzene rings is 1. The Bertz CT molecular complexity index is 907. The van der Waals surface area contributed by atoms with Crippen LogP contribution in [0.3, 0.4) is 0 Å². The molecule has 10 nitrogen and oxygen atoms in total. The Kier molecular flexibility index (Phi) is 7.32. The van der Waals surface area contributed by atoms with Gasteiger partial charge in [-0.1, -0.05) is 18.2 Å². The fraction of sp³-hybridized carbons (Fsp3) is 0.368. The van der Waals surface area contributed by atoms with Gasteiger partial charge in [-0.15, -0.1) is 0 Å². The van der Waals surface area contributed by atoms with Gasteiger partial charge in [-0.25, -0.2) is 0 Å². The summed E-state index contributed by atoms with van der Waals surface area (Å²) in [5.41, 5.74) is 17.7. The molecule has 2 rings (SSSR count). The minimum atomic E-state index is -1.09. The van der Waals surface area contributed by atoms with Crippen LogP contribution < -0.4 is 27.8 Å². The Morgan fingerprint density at radius 3 is 2.31 bits per heavy atom. The smallest absolute Gasteiger partial charge is 0.243 e. The normalized spacial score (nSPS) is 14.0. The number of para-hydroxylation sites is 1. The lowest BCUT2D eigenvalue weighted by Crippen LogP contribution is -2.55. The maximum absolute atomic E-state index is 12.8. The van der Waals surface area contributed by atoms with E-state index < -0.39 is 41.8 Å². The number of nitrogens with two attached hydrogens (primary N) is 3. The van der Waals surface area contributed by atoms with Crippen molar-refractivity contribution in [2.24, 2.45) is 17.2 Å². The third-order valence-corrected chi connectivity index (χ3v) is 4.48. The summed E-state index contributed by atoms with van der Waals surface area (Å²) in [7, 11) is 0. The zero-order valence-electron chi connectivity index (χ0n) is 16.1. The molecule has 4 amide bonds. The van der Waals surface area contributed by atoms with Crippen LogP contribution in [0.4, 0.5) is 0 Å². The van der Waals surface area contributed by atoms with Crippen molar-refractivity contribution >= 4 is 34.5 Å². The van der Waals surface area contributed by atoms with E-state index in [4.69, 9.17) is 17.2 Å². The Morgan fingerprint density at radius 2 is 1.69 bits per heavy atom. The Labute approximate surface area is 167 Å². The molecule has 9 N–H and O–H groups in total. The predicted molar refractivity (Wildman–Crippen MR) is 107 cm³/mol. The molecular weight excluding hydrogens is 376 g/mol.